The van der Waals surface area contributed by atoms with Gasteiger partial charge in [-0.15, -0.1) is 13.3 Å². The van der Waals surface area contributed by atoms with E-state index in [1.54, 1.807) is 0 Å². The second kappa shape index (κ2) is 8.44. The standard InChI is InChI=1S/C10H15.C9H14N.Zr/c1-7-6-10(4,5)9(3)8(7)2;1-8(10(2)3)9-6-4-5-7-9;/h1-5H3;4,6,8H,5H2,1-3H3;/q2*-1;+2. The minimum Gasteiger partial charge on any atom is -0.306 e. The molecule has 0 saturated carbocycles. The first kappa shape index (κ1) is 20.8. The second-order valence-electron chi connectivity index (χ2n) is 6.50. The summed E-state index contributed by atoms with van der Waals surface area (Å²) in [4.78, 5) is 2.19. The van der Waals surface area contributed by atoms with E-state index >= 15 is 0 Å². The minimum atomic E-state index is 0. The summed E-state index contributed by atoms with van der Waals surface area (Å²) < 4.78 is 0. The van der Waals surface area contributed by atoms with E-state index in [0.29, 0.717) is 6.04 Å². The van der Waals surface area contributed by atoms with Gasteiger partial charge in [0.05, 0.1) is 0 Å². The third kappa shape index (κ3) is 5.49. The van der Waals surface area contributed by atoms with Crippen LogP contribution in [0, 0.1) is 17.6 Å². The molecule has 0 N–H and O–H groups in total. The summed E-state index contributed by atoms with van der Waals surface area (Å²) in [5.74, 6) is 0. The van der Waals surface area contributed by atoms with E-state index in [1.807, 2.05) is 0 Å². The fraction of sp³-hybridized carbons (Fsp3) is 0.579. The summed E-state index contributed by atoms with van der Waals surface area (Å²) in [5, 5.41) is 0. The summed E-state index contributed by atoms with van der Waals surface area (Å²) in [7, 11) is 4.18. The maximum atomic E-state index is 3.44. The van der Waals surface area contributed by atoms with Gasteiger partial charge in [0.1, 0.15) is 0 Å². The van der Waals surface area contributed by atoms with Crippen molar-refractivity contribution in [2.45, 2.75) is 54.0 Å². The van der Waals surface area contributed by atoms with Crippen molar-refractivity contribution < 1.29 is 26.2 Å². The van der Waals surface area contributed by atoms with Crippen molar-refractivity contribution in [3.63, 3.8) is 0 Å². The summed E-state index contributed by atoms with van der Waals surface area (Å²) in [5.41, 5.74) is 5.72. The van der Waals surface area contributed by atoms with Gasteiger partial charge in [-0.05, 0) is 27.1 Å². The number of hydrogen-bond donors (Lipinski definition) is 0. The van der Waals surface area contributed by atoms with Crippen LogP contribution in [0.2, 0.25) is 0 Å². The SMILES string of the molecule is CC(C1=[C-]CC=C1)N(C)C.CC1=[C-]C(C)(C)C(C)=C1C.[Zr+2]. The van der Waals surface area contributed by atoms with Crippen LogP contribution in [-0.4, -0.2) is 25.0 Å². The Morgan fingerprint density at radius 2 is 1.76 bits per heavy atom. The van der Waals surface area contributed by atoms with Crippen LogP contribution in [0.1, 0.15) is 48.0 Å². The van der Waals surface area contributed by atoms with Gasteiger partial charge >= 0.3 is 26.2 Å². The Morgan fingerprint density at radius 1 is 1.19 bits per heavy atom. The van der Waals surface area contributed by atoms with E-state index < -0.39 is 0 Å². The van der Waals surface area contributed by atoms with Crippen LogP contribution in [0.15, 0.2) is 34.4 Å². The summed E-state index contributed by atoms with van der Waals surface area (Å²) >= 11 is 0. The van der Waals surface area contributed by atoms with Crippen molar-refractivity contribution in [3.05, 3.63) is 46.6 Å². The number of rotatable bonds is 2. The number of nitrogens with zero attached hydrogens (tertiary/aromatic N) is 1. The molecule has 0 radical (unpaired) electrons. The van der Waals surface area contributed by atoms with E-state index in [2.05, 4.69) is 84.8 Å². The molecule has 114 valence electrons. The Hall–Kier alpha value is -0.197. The zero-order valence-corrected chi connectivity index (χ0v) is 17.3. The molecule has 0 heterocycles. The average Bonchev–Trinajstić information content (AvgIpc) is 2.94. The van der Waals surface area contributed by atoms with Crippen molar-refractivity contribution in [3.8, 4) is 0 Å². The smallest absolute Gasteiger partial charge is 0.306 e. The van der Waals surface area contributed by atoms with Gasteiger partial charge in [-0.3, -0.25) is 12.2 Å². The van der Waals surface area contributed by atoms with Crippen LogP contribution in [0.25, 0.3) is 0 Å². The van der Waals surface area contributed by atoms with Gasteiger partial charge < -0.3 is 4.90 Å². The molecule has 0 aromatic rings. The molecule has 0 aromatic carbocycles. The molecule has 0 aliphatic heterocycles. The quantitative estimate of drug-likeness (QED) is 0.642. The van der Waals surface area contributed by atoms with Gasteiger partial charge in [0, 0.05) is 0 Å². The molecular formula is C19H29NZr. The van der Waals surface area contributed by atoms with E-state index in [-0.39, 0.29) is 31.6 Å². The van der Waals surface area contributed by atoms with Crippen LogP contribution in [0.5, 0.6) is 0 Å². The molecule has 0 spiro atoms. The van der Waals surface area contributed by atoms with Crippen molar-refractivity contribution in [1.82, 2.24) is 4.90 Å². The van der Waals surface area contributed by atoms with Gasteiger partial charge in [-0.1, -0.05) is 33.1 Å². The fourth-order valence-electron chi connectivity index (χ4n) is 2.39. The van der Waals surface area contributed by atoms with Crippen LogP contribution in [-0.2, 0) is 26.2 Å². The zero-order valence-electron chi connectivity index (χ0n) is 14.9. The Bertz CT molecular complexity index is 476. The maximum Gasteiger partial charge on any atom is 2.00 e. The first-order chi connectivity index (χ1) is 9.16. The van der Waals surface area contributed by atoms with Gasteiger partial charge in [-0.25, -0.2) is 17.2 Å². The molecule has 0 saturated heterocycles. The molecule has 1 atom stereocenters. The van der Waals surface area contributed by atoms with E-state index in [9.17, 15) is 0 Å². The van der Waals surface area contributed by atoms with E-state index in [4.69, 9.17) is 0 Å². The predicted octanol–water partition coefficient (Wildman–Crippen LogP) is 4.74. The van der Waals surface area contributed by atoms with Crippen LogP contribution < -0.4 is 0 Å². The Morgan fingerprint density at radius 3 is 2.00 bits per heavy atom. The summed E-state index contributed by atoms with van der Waals surface area (Å²) in [6, 6.07) is 0.513. The van der Waals surface area contributed by atoms with Gasteiger partial charge in [0.15, 0.2) is 0 Å². The summed E-state index contributed by atoms with van der Waals surface area (Å²) in [6.45, 7) is 13.1. The van der Waals surface area contributed by atoms with Crippen LogP contribution in [0.4, 0.5) is 0 Å². The normalized spacial score (nSPS) is 20.6. The Labute approximate surface area is 151 Å². The van der Waals surface area contributed by atoms with Gasteiger partial charge in [-0.2, -0.15) is 17.2 Å². The van der Waals surface area contributed by atoms with Gasteiger partial charge in [0.25, 0.3) is 0 Å². The second-order valence-corrected chi connectivity index (χ2v) is 6.50. The summed E-state index contributed by atoms with van der Waals surface area (Å²) in [6.07, 6.45) is 12.0. The first-order valence-corrected chi connectivity index (χ1v) is 7.40. The van der Waals surface area contributed by atoms with Crippen molar-refractivity contribution in [1.29, 1.82) is 0 Å². The van der Waals surface area contributed by atoms with Crippen molar-refractivity contribution in [2.24, 2.45) is 5.41 Å². The number of likely N-dealkylation sites (N-methyl/N-ethyl adjacent to an activating group) is 1. The average molecular weight is 363 g/mol. The maximum absolute atomic E-state index is 3.44. The minimum absolute atomic E-state index is 0. The molecule has 21 heavy (non-hydrogen) atoms. The molecule has 0 fully saturated rings. The number of hydrogen-bond acceptors (Lipinski definition) is 1. The van der Waals surface area contributed by atoms with Crippen molar-refractivity contribution >= 4 is 0 Å². The molecule has 0 amide bonds. The van der Waals surface area contributed by atoms with Crippen LogP contribution in [0.3, 0.4) is 0 Å². The largest absolute Gasteiger partial charge is 2.00 e. The molecule has 0 bridgehead atoms. The van der Waals surface area contributed by atoms with Crippen LogP contribution >= 0.6 is 0 Å². The topological polar surface area (TPSA) is 3.24 Å². The van der Waals surface area contributed by atoms with Crippen molar-refractivity contribution in [2.75, 3.05) is 14.1 Å². The monoisotopic (exact) mass is 361 g/mol. The predicted molar refractivity (Wildman–Crippen MR) is 88.2 cm³/mol. The number of allylic oxidation sites excluding steroid dienone is 6. The Balaban J connectivity index is 0.000000364. The fourth-order valence-corrected chi connectivity index (χ4v) is 2.39. The molecule has 2 heteroatoms. The van der Waals surface area contributed by atoms with E-state index in [1.165, 1.54) is 22.3 Å². The third-order valence-electron chi connectivity index (χ3n) is 4.51. The van der Waals surface area contributed by atoms with Gasteiger partial charge in [0.2, 0.25) is 0 Å². The molecule has 1 nitrogen and oxygen atoms in total. The third-order valence-corrected chi connectivity index (χ3v) is 4.51. The Kier molecular flexibility index (Phi) is 8.36. The first-order valence-electron chi connectivity index (χ1n) is 7.40. The molecule has 1 unspecified atom stereocenters. The molecule has 2 rings (SSSR count). The molecule has 0 aromatic heterocycles. The zero-order chi connectivity index (χ0) is 15.5. The molecule has 2 aliphatic rings. The molecular weight excluding hydrogens is 333 g/mol. The van der Waals surface area contributed by atoms with E-state index in [0.717, 1.165) is 6.42 Å². The molecule has 2 aliphatic carbocycles.